The molecule has 1 saturated carbocycles. The van der Waals surface area contributed by atoms with Gasteiger partial charge in [0.05, 0.1) is 0 Å². The average Bonchev–Trinajstić information content (AvgIpc) is 2.60. The molecule has 0 bridgehead atoms. The molecule has 4 nitrogen and oxygen atoms in total. The number of imide groups is 1. The van der Waals surface area contributed by atoms with Gasteiger partial charge in [-0.1, -0.05) is 20.8 Å². The van der Waals surface area contributed by atoms with E-state index in [0.717, 1.165) is 6.42 Å². The molecule has 2 amide bonds. The minimum Gasteiger partial charge on any atom is -0.432 e. The van der Waals surface area contributed by atoms with Gasteiger partial charge in [-0.05, 0) is 18.3 Å². The third-order valence-electron chi connectivity index (χ3n) is 3.48. The minimum atomic E-state index is -0.888. The molecule has 2 aliphatic rings. The molecule has 2 rings (SSSR count). The third kappa shape index (κ3) is 1.06. The number of alkyl carbamates (subject to hydrolysis) is 1. The zero-order valence-electron chi connectivity index (χ0n) is 8.72. The van der Waals surface area contributed by atoms with Crippen LogP contribution in [0, 0.1) is 11.3 Å². The van der Waals surface area contributed by atoms with Gasteiger partial charge in [0.2, 0.25) is 0 Å². The lowest BCUT2D eigenvalue weighted by Gasteiger charge is -2.24. The van der Waals surface area contributed by atoms with E-state index in [1.54, 1.807) is 0 Å². The van der Waals surface area contributed by atoms with E-state index in [-0.39, 0.29) is 17.2 Å². The van der Waals surface area contributed by atoms with E-state index in [0.29, 0.717) is 6.42 Å². The number of hydrogen-bond acceptors (Lipinski definition) is 3. The first-order chi connectivity index (χ1) is 6.42. The van der Waals surface area contributed by atoms with Crippen LogP contribution in [-0.2, 0) is 9.53 Å². The number of cyclic esters (lactones) is 1. The second-order valence-electron chi connectivity index (χ2n) is 4.83. The first kappa shape index (κ1) is 9.49. The van der Waals surface area contributed by atoms with E-state index in [4.69, 9.17) is 4.74 Å². The summed E-state index contributed by atoms with van der Waals surface area (Å²) in [5.74, 6) is -0.0907. The molecule has 14 heavy (non-hydrogen) atoms. The Hall–Kier alpha value is -1.06. The predicted molar refractivity (Wildman–Crippen MR) is 49.5 cm³/mol. The summed E-state index contributed by atoms with van der Waals surface area (Å²) in [7, 11) is 0. The second-order valence-corrected chi connectivity index (χ2v) is 4.83. The van der Waals surface area contributed by atoms with Crippen molar-refractivity contribution in [2.75, 3.05) is 0 Å². The van der Waals surface area contributed by atoms with Gasteiger partial charge >= 0.3 is 6.09 Å². The fourth-order valence-corrected chi connectivity index (χ4v) is 2.41. The van der Waals surface area contributed by atoms with Gasteiger partial charge in [0, 0.05) is 5.92 Å². The van der Waals surface area contributed by atoms with E-state index in [2.05, 4.69) is 19.2 Å². The largest absolute Gasteiger partial charge is 0.432 e. The molecule has 2 atom stereocenters. The van der Waals surface area contributed by atoms with Crippen LogP contribution in [0.15, 0.2) is 0 Å². The summed E-state index contributed by atoms with van der Waals surface area (Å²) in [6.45, 7) is 6.07. The molecule has 2 fully saturated rings. The van der Waals surface area contributed by atoms with Crippen molar-refractivity contribution >= 4 is 12.0 Å². The lowest BCUT2D eigenvalue weighted by atomic mass is 9.89. The van der Waals surface area contributed by atoms with Crippen molar-refractivity contribution in [1.82, 2.24) is 5.32 Å². The molecule has 1 N–H and O–H groups in total. The van der Waals surface area contributed by atoms with Crippen molar-refractivity contribution in [2.24, 2.45) is 11.3 Å². The zero-order chi connectivity index (χ0) is 10.6. The van der Waals surface area contributed by atoms with Crippen molar-refractivity contribution < 1.29 is 14.3 Å². The Labute approximate surface area is 83.0 Å². The van der Waals surface area contributed by atoms with Crippen molar-refractivity contribution in [3.8, 4) is 0 Å². The van der Waals surface area contributed by atoms with Crippen LogP contribution in [-0.4, -0.2) is 17.6 Å². The number of nitrogens with one attached hydrogen (secondary N) is 1. The SMILES string of the molecule is CCC1(C2CC2(C)C)OC(=O)NC1=O. The molecule has 0 aromatic carbocycles. The van der Waals surface area contributed by atoms with Crippen LogP contribution < -0.4 is 5.32 Å². The van der Waals surface area contributed by atoms with Crippen LogP contribution in [0.2, 0.25) is 0 Å². The molecule has 78 valence electrons. The Morgan fingerprint density at radius 1 is 1.50 bits per heavy atom. The Kier molecular flexibility index (Phi) is 1.69. The lowest BCUT2D eigenvalue weighted by Crippen LogP contribution is -2.42. The highest BCUT2D eigenvalue weighted by Crippen LogP contribution is 2.60. The van der Waals surface area contributed by atoms with Gasteiger partial charge in [0.25, 0.3) is 5.91 Å². The summed E-state index contributed by atoms with van der Waals surface area (Å²) in [4.78, 5) is 22.7. The van der Waals surface area contributed by atoms with Crippen LogP contribution in [0.25, 0.3) is 0 Å². The quantitative estimate of drug-likeness (QED) is 0.728. The normalized spacial score (nSPS) is 39.2. The van der Waals surface area contributed by atoms with E-state index >= 15 is 0 Å². The topological polar surface area (TPSA) is 55.4 Å². The van der Waals surface area contributed by atoms with Gasteiger partial charge in [-0.3, -0.25) is 10.1 Å². The van der Waals surface area contributed by atoms with Crippen molar-refractivity contribution in [2.45, 2.75) is 39.2 Å². The maximum Gasteiger partial charge on any atom is 0.415 e. The number of hydrogen-bond donors (Lipinski definition) is 1. The molecule has 0 radical (unpaired) electrons. The molecule has 1 heterocycles. The molecule has 0 spiro atoms. The van der Waals surface area contributed by atoms with Crippen molar-refractivity contribution in [3.63, 3.8) is 0 Å². The minimum absolute atomic E-state index is 0.123. The maximum atomic E-state index is 11.6. The van der Waals surface area contributed by atoms with Gasteiger partial charge in [0.15, 0.2) is 5.60 Å². The molecule has 0 aromatic rings. The Morgan fingerprint density at radius 2 is 2.07 bits per heavy atom. The lowest BCUT2D eigenvalue weighted by molar-refractivity contribution is -0.134. The van der Waals surface area contributed by atoms with Crippen molar-refractivity contribution in [1.29, 1.82) is 0 Å². The molecular weight excluding hydrogens is 182 g/mol. The summed E-state index contributed by atoms with van der Waals surface area (Å²) < 4.78 is 5.17. The Morgan fingerprint density at radius 3 is 2.36 bits per heavy atom. The van der Waals surface area contributed by atoms with Gasteiger partial charge in [-0.15, -0.1) is 0 Å². The molecule has 0 aromatic heterocycles. The van der Waals surface area contributed by atoms with Crippen LogP contribution in [0.4, 0.5) is 4.79 Å². The second kappa shape index (κ2) is 2.49. The van der Waals surface area contributed by atoms with Crippen LogP contribution in [0.1, 0.15) is 33.6 Å². The van der Waals surface area contributed by atoms with Crippen molar-refractivity contribution in [3.05, 3.63) is 0 Å². The highest BCUT2D eigenvalue weighted by Gasteiger charge is 2.65. The van der Waals surface area contributed by atoms with E-state index < -0.39 is 11.7 Å². The first-order valence-corrected chi connectivity index (χ1v) is 4.97. The predicted octanol–water partition coefficient (Wildman–Crippen LogP) is 1.45. The molecule has 1 aliphatic heterocycles. The maximum absolute atomic E-state index is 11.6. The summed E-state index contributed by atoms with van der Waals surface area (Å²) in [6, 6.07) is 0. The van der Waals surface area contributed by atoms with E-state index in [1.807, 2.05) is 6.92 Å². The molecular formula is C10H15NO3. The Balaban J connectivity index is 2.27. The Bertz CT molecular complexity index is 310. The van der Waals surface area contributed by atoms with Crippen LogP contribution in [0.5, 0.6) is 0 Å². The summed E-state index contributed by atoms with van der Waals surface area (Å²) in [5.41, 5.74) is -0.765. The fourth-order valence-electron chi connectivity index (χ4n) is 2.41. The van der Waals surface area contributed by atoms with Gasteiger partial charge < -0.3 is 4.74 Å². The standard InChI is InChI=1S/C10H15NO3/c1-4-10(6-5-9(6,2)3)7(12)11-8(13)14-10/h6H,4-5H2,1-3H3,(H,11,12,13). The zero-order valence-corrected chi connectivity index (χ0v) is 8.72. The highest BCUT2D eigenvalue weighted by atomic mass is 16.6. The summed E-state index contributed by atoms with van der Waals surface area (Å²) >= 11 is 0. The summed E-state index contributed by atoms with van der Waals surface area (Å²) in [5, 5.41) is 2.22. The number of ether oxygens (including phenoxy) is 1. The number of amides is 2. The van der Waals surface area contributed by atoms with E-state index in [1.165, 1.54) is 0 Å². The smallest absolute Gasteiger partial charge is 0.415 e. The van der Waals surface area contributed by atoms with Gasteiger partial charge in [-0.2, -0.15) is 0 Å². The monoisotopic (exact) mass is 197 g/mol. The van der Waals surface area contributed by atoms with Crippen LogP contribution >= 0.6 is 0 Å². The fraction of sp³-hybridized carbons (Fsp3) is 0.800. The van der Waals surface area contributed by atoms with Gasteiger partial charge in [0.1, 0.15) is 0 Å². The average molecular weight is 197 g/mol. The summed E-state index contributed by atoms with van der Waals surface area (Å²) in [6.07, 6.45) is 0.903. The molecule has 4 heteroatoms. The number of carbonyl (C=O) groups is 2. The van der Waals surface area contributed by atoms with Gasteiger partial charge in [-0.25, -0.2) is 4.79 Å². The molecule has 1 saturated heterocycles. The third-order valence-corrected chi connectivity index (χ3v) is 3.48. The van der Waals surface area contributed by atoms with E-state index in [9.17, 15) is 9.59 Å². The number of rotatable bonds is 2. The first-order valence-electron chi connectivity index (χ1n) is 4.97. The van der Waals surface area contributed by atoms with Crippen LogP contribution in [0.3, 0.4) is 0 Å². The number of carbonyl (C=O) groups excluding carboxylic acids is 2. The molecule has 1 aliphatic carbocycles. The highest BCUT2D eigenvalue weighted by molar-refractivity contribution is 6.03. The molecule has 2 unspecified atom stereocenters.